The van der Waals surface area contributed by atoms with E-state index in [2.05, 4.69) is 6.07 Å². The fraction of sp³-hybridized carbons (Fsp3) is 0.154. The third-order valence-electron chi connectivity index (χ3n) is 2.69. The van der Waals surface area contributed by atoms with Gasteiger partial charge in [0.15, 0.2) is 11.5 Å². The number of nitrogens with two attached hydrogens (primary N) is 1. The van der Waals surface area contributed by atoms with E-state index < -0.39 is 0 Å². The van der Waals surface area contributed by atoms with Gasteiger partial charge in [-0.3, -0.25) is 0 Å². The first-order valence-corrected chi connectivity index (χ1v) is 6.29. The smallest absolute Gasteiger partial charge is 0.162 e. The van der Waals surface area contributed by atoms with E-state index in [-0.39, 0.29) is 0 Å². The van der Waals surface area contributed by atoms with Gasteiger partial charge in [-0.25, -0.2) is 0 Å². The van der Waals surface area contributed by atoms with E-state index in [0.29, 0.717) is 23.8 Å². The SMILES string of the molecule is N#Cc1sc(-c2ccc3c(c2)OCCO3)cc1N. The molecule has 0 radical (unpaired) electrons. The summed E-state index contributed by atoms with van der Waals surface area (Å²) >= 11 is 1.38. The highest BCUT2D eigenvalue weighted by Crippen LogP contribution is 2.38. The van der Waals surface area contributed by atoms with E-state index in [1.807, 2.05) is 24.3 Å². The predicted octanol–water partition coefficient (Wildman–Crippen LogP) is 2.64. The summed E-state index contributed by atoms with van der Waals surface area (Å²) in [5.74, 6) is 1.50. The molecular formula is C13H10N2O2S. The number of benzene rings is 1. The van der Waals surface area contributed by atoms with Gasteiger partial charge in [0.25, 0.3) is 0 Å². The molecule has 5 heteroatoms. The lowest BCUT2D eigenvalue weighted by Crippen LogP contribution is -2.15. The maximum atomic E-state index is 8.91. The lowest BCUT2D eigenvalue weighted by molar-refractivity contribution is 0.171. The van der Waals surface area contributed by atoms with Crippen molar-refractivity contribution in [3.8, 4) is 28.0 Å². The van der Waals surface area contributed by atoms with Crippen molar-refractivity contribution in [2.24, 2.45) is 0 Å². The van der Waals surface area contributed by atoms with Crippen molar-refractivity contribution in [2.45, 2.75) is 0 Å². The van der Waals surface area contributed by atoms with Crippen LogP contribution in [0.25, 0.3) is 10.4 Å². The Morgan fingerprint density at radius 2 is 1.94 bits per heavy atom. The summed E-state index contributed by atoms with van der Waals surface area (Å²) in [6.45, 7) is 1.14. The number of ether oxygens (including phenoxy) is 2. The lowest BCUT2D eigenvalue weighted by Gasteiger charge is -2.18. The summed E-state index contributed by atoms with van der Waals surface area (Å²) in [5, 5.41) is 8.91. The van der Waals surface area contributed by atoms with E-state index in [1.165, 1.54) is 11.3 Å². The maximum Gasteiger partial charge on any atom is 0.162 e. The molecule has 0 atom stereocenters. The summed E-state index contributed by atoms with van der Waals surface area (Å²) in [5.41, 5.74) is 7.26. The number of hydrogen-bond donors (Lipinski definition) is 1. The van der Waals surface area contributed by atoms with Gasteiger partial charge in [0.1, 0.15) is 24.2 Å². The predicted molar refractivity (Wildman–Crippen MR) is 69.9 cm³/mol. The zero-order valence-electron chi connectivity index (χ0n) is 9.47. The highest BCUT2D eigenvalue weighted by atomic mass is 32.1. The van der Waals surface area contributed by atoms with Crippen LogP contribution in [0.3, 0.4) is 0 Å². The van der Waals surface area contributed by atoms with Crippen LogP contribution in [0.2, 0.25) is 0 Å². The van der Waals surface area contributed by atoms with Crippen molar-refractivity contribution in [1.29, 1.82) is 5.26 Å². The van der Waals surface area contributed by atoms with E-state index in [0.717, 1.165) is 21.9 Å². The number of nitrogen functional groups attached to an aromatic ring is 1. The zero-order valence-corrected chi connectivity index (χ0v) is 10.3. The second-order valence-corrected chi connectivity index (χ2v) is 4.92. The fourth-order valence-electron chi connectivity index (χ4n) is 1.83. The molecule has 0 amide bonds. The monoisotopic (exact) mass is 258 g/mol. The third kappa shape index (κ3) is 1.77. The molecule has 3 rings (SSSR count). The van der Waals surface area contributed by atoms with Crippen molar-refractivity contribution in [3.63, 3.8) is 0 Å². The Kier molecular flexibility index (Phi) is 2.58. The van der Waals surface area contributed by atoms with Crippen LogP contribution in [0.4, 0.5) is 5.69 Å². The molecule has 1 aliphatic rings. The van der Waals surface area contributed by atoms with Crippen LogP contribution in [-0.2, 0) is 0 Å². The molecular weight excluding hydrogens is 248 g/mol. The van der Waals surface area contributed by atoms with Gasteiger partial charge in [-0.2, -0.15) is 5.26 Å². The lowest BCUT2D eigenvalue weighted by atomic mass is 10.1. The molecule has 0 aliphatic carbocycles. The van der Waals surface area contributed by atoms with Gasteiger partial charge < -0.3 is 15.2 Å². The molecule has 18 heavy (non-hydrogen) atoms. The molecule has 2 aromatic rings. The molecule has 1 aliphatic heterocycles. The minimum Gasteiger partial charge on any atom is -0.486 e. The topological polar surface area (TPSA) is 68.3 Å². The van der Waals surface area contributed by atoms with Crippen LogP contribution in [0.1, 0.15) is 4.88 Å². The Labute approximate surface area is 108 Å². The van der Waals surface area contributed by atoms with Gasteiger partial charge in [-0.05, 0) is 29.8 Å². The van der Waals surface area contributed by atoms with Crippen molar-refractivity contribution < 1.29 is 9.47 Å². The molecule has 0 fully saturated rings. The zero-order chi connectivity index (χ0) is 12.5. The standard InChI is InChI=1S/C13H10N2O2S/c14-7-13-9(15)6-12(18-13)8-1-2-10-11(5-8)17-4-3-16-10/h1-2,5-6H,3-4,15H2. The molecule has 1 aromatic carbocycles. The average molecular weight is 258 g/mol. The molecule has 0 saturated carbocycles. The maximum absolute atomic E-state index is 8.91. The summed E-state index contributed by atoms with van der Waals surface area (Å²) in [7, 11) is 0. The minimum absolute atomic E-state index is 0.521. The molecule has 0 saturated heterocycles. The number of anilines is 1. The molecule has 0 bridgehead atoms. The molecule has 4 nitrogen and oxygen atoms in total. The molecule has 90 valence electrons. The van der Waals surface area contributed by atoms with Crippen molar-refractivity contribution in [3.05, 3.63) is 29.1 Å². The number of fused-ring (bicyclic) bond motifs is 1. The second kappa shape index (κ2) is 4.24. The Morgan fingerprint density at radius 1 is 1.17 bits per heavy atom. The molecule has 2 N–H and O–H groups in total. The average Bonchev–Trinajstić information content (AvgIpc) is 2.79. The Morgan fingerprint density at radius 3 is 2.67 bits per heavy atom. The summed E-state index contributed by atoms with van der Waals surface area (Å²) in [6, 6.07) is 9.64. The van der Waals surface area contributed by atoms with Crippen LogP contribution in [-0.4, -0.2) is 13.2 Å². The van der Waals surface area contributed by atoms with Gasteiger partial charge in [0.2, 0.25) is 0 Å². The van der Waals surface area contributed by atoms with Crippen LogP contribution in [0, 0.1) is 11.3 Å². The van der Waals surface area contributed by atoms with Crippen LogP contribution in [0.15, 0.2) is 24.3 Å². The van der Waals surface area contributed by atoms with Crippen molar-refractivity contribution in [2.75, 3.05) is 18.9 Å². The number of nitriles is 1. The normalized spacial score (nSPS) is 13.1. The van der Waals surface area contributed by atoms with E-state index in [4.69, 9.17) is 20.5 Å². The van der Waals surface area contributed by atoms with Crippen LogP contribution < -0.4 is 15.2 Å². The van der Waals surface area contributed by atoms with Gasteiger partial charge in [-0.15, -0.1) is 11.3 Å². The highest BCUT2D eigenvalue weighted by Gasteiger charge is 2.14. The van der Waals surface area contributed by atoms with Crippen LogP contribution >= 0.6 is 11.3 Å². The highest BCUT2D eigenvalue weighted by molar-refractivity contribution is 7.16. The van der Waals surface area contributed by atoms with E-state index >= 15 is 0 Å². The largest absolute Gasteiger partial charge is 0.486 e. The Balaban J connectivity index is 2.04. The third-order valence-corrected chi connectivity index (χ3v) is 3.79. The number of rotatable bonds is 1. The first kappa shape index (κ1) is 10.9. The van der Waals surface area contributed by atoms with E-state index in [9.17, 15) is 0 Å². The first-order chi connectivity index (χ1) is 8.78. The summed E-state index contributed by atoms with van der Waals surface area (Å²) in [4.78, 5) is 1.50. The van der Waals surface area contributed by atoms with E-state index in [1.54, 1.807) is 0 Å². The Bertz CT molecular complexity index is 643. The van der Waals surface area contributed by atoms with Crippen LogP contribution in [0.5, 0.6) is 11.5 Å². The quantitative estimate of drug-likeness (QED) is 0.853. The van der Waals surface area contributed by atoms with Gasteiger partial charge in [0.05, 0.1) is 5.69 Å². The molecule has 0 unspecified atom stereocenters. The van der Waals surface area contributed by atoms with Crippen molar-refractivity contribution >= 4 is 17.0 Å². The molecule has 1 aromatic heterocycles. The summed E-state index contributed by atoms with van der Waals surface area (Å²) in [6.07, 6.45) is 0. The summed E-state index contributed by atoms with van der Waals surface area (Å²) < 4.78 is 11.0. The van der Waals surface area contributed by atoms with Gasteiger partial charge >= 0.3 is 0 Å². The number of nitrogens with zero attached hydrogens (tertiary/aromatic N) is 1. The number of thiophene rings is 1. The number of hydrogen-bond acceptors (Lipinski definition) is 5. The van der Waals surface area contributed by atoms with Gasteiger partial charge in [-0.1, -0.05) is 0 Å². The molecule has 2 heterocycles. The minimum atomic E-state index is 0.521. The second-order valence-electron chi connectivity index (χ2n) is 3.87. The first-order valence-electron chi connectivity index (χ1n) is 5.47. The Hall–Kier alpha value is -2.19. The van der Waals surface area contributed by atoms with Gasteiger partial charge in [0, 0.05) is 4.88 Å². The molecule has 0 spiro atoms. The van der Waals surface area contributed by atoms with Crippen molar-refractivity contribution in [1.82, 2.24) is 0 Å². The fourth-order valence-corrected chi connectivity index (χ4v) is 2.70.